The van der Waals surface area contributed by atoms with E-state index in [1.807, 2.05) is 0 Å². The van der Waals surface area contributed by atoms with Gasteiger partial charge >= 0.3 is 5.97 Å². The molecule has 1 aromatic carbocycles. The van der Waals surface area contributed by atoms with Crippen molar-refractivity contribution in [1.29, 1.82) is 0 Å². The highest BCUT2D eigenvalue weighted by molar-refractivity contribution is 7.27. The maximum Gasteiger partial charge on any atom is 0.340 e. The van der Waals surface area contributed by atoms with Crippen LogP contribution < -0.4 is 11.0 Å². The van der Waals surface area contributed by atoms with E-state index < -0.39 is 40.0 Å². The van der Waals surface area contributed by atoms with Gasteiger partial charge in [-0.05, 0) is 0 Å². The molecule has 1 rings (SSSR count). The van der Waals surface area contributed by atoms with Crippen molar-refractivity contribution in [2.75, 3.05) is 5.73 Å². The fourth-order valence-electron chi connectivity index (χ4n) is 0.905. The Morgan fingerprint density at radius 1 is 1.21 bits per heavy atom. The number of anilines is 1. The van der Waals surface area contributed by atoms with Gasteiger partial charge in [-0.1, -0.05) is 9.24 Å². The van der Waals surface area contributed by atoms with Crippen LogP contribution in [-0.2, 0) is 0 Å². The van der Waals surface area contributed by atoms with Gasteiger partial charge in [0.25, 0.3) is 0 Å². The average molecular weight is 223 g/mol. The number of rotatable bonds is 1. The molecule has 0 amide bonds. The molecule has 0 spiro atoms. The van der Waals surface area contributed by atoms with Crippen LogP contribution in [-0.4, -0.2) is 11.1 Å². The number of hydrogen-bond acceptors (Lipinski definition) is 2. The molecule has 76 valence electrons. The van der Waals surface area contributed by atoms with Crippen molar-refractivity contribution in [2.24, 2.45) is 0 Å². The minimum absolute atomic E-state index is 0.783. The second-order valence-corrected chi connectivity index (χ2v) is 3.03. The lowest BCUT2D eigenvalue weighted by Gasteiger charge is -2.07. The second-order valence-electron chi connectivity index (χ2n) is 2.45. The molecule has 3 nitrogen and oxygen atoms in total. The van der Waals surface area contributed by atoms with Crippen LogP contribution >= 0.6 is 9.24 Å². The Morgan fingerprint density at radius 3 is 2.14 bits per heavy atom. The molecule has 1 unspecified atom stereocenters. The zero-order valence-corrected chi connectivity index (χ0v) is 7.80. The zero-order valence-electron chi connectivity index (χ0n) is 6.64. The van der Waals surface area contributed by atoms with Gasteiger partial charge in [0, 0.05) is 5.30 Å². The SMILES string of the molecule is Nc1c(F)c(F)c(P)c(F)c1C(=O)O. The van der Waals surface area contributed by atoms with Crippen LogP contribution in [0.1, 0.15) is 10.4 Å². The van der Waals surface area contributed by atoms with Gasteiger partial charge < -0.3 is 10.8 Å². The monoisotopic (exact) mass is 223 g/mol. The quantitative estimate of drug-likeness (QED) is 0.422. The molecule has 0 aromatic heterocycles. The average Bonchev–Trinajstić information content (AvgIpc) is 2.11. The second kappa shape index (κ2) is 3.46. The summed E-state index contributed by atoms with van der Waals surface area (Å²) in [5, 5.41) is 7.68. The summed E-state index contributed by atoms with van der Waals surface area (Å²) in [5.74, 6) is -6.20. The summed E-state index contributed by atoms with van der Waals surface area (Å²) < 4.78 is 38.7. The van der Waals surface area contributed by atoms with Gasteiger partial charge in [-0.3, -0.25) is 0 Å². The fourth-order valence-corrected chi connectivity index (χ4v) is 1.18. The summed E-state index contributed by atoms with van der Waals surface area (Å²) in [6.07, 6.45) is 0. The van der Waals surface area contributed by atoms with E-state index in [2.05, 4.69) is 0 Å². The van der Waals surface area contributed by atoms with Gasteiger partial charge in [-0.15, -0.1) is 0 Å². The number of nitrogen functional groups attached to an aromatic ring is 1. The third kappa shape index (κ3) is 1.42. The van der Waals surface area contributed by atoms with Crippen molar-refractivity contribution in [1.82, 2.24) is 0 Å². The minimum Gasteiger partial charge on any atom is -0.478 e. The Balaban J connectivity index is 3.68. The first kappa shape index (κ1) is 10.8. The van der Waals surface area contributed by atoms with E-state index in [-0.39, 0.29) is 0 Å². The normalized spacial score (nSPS) is 10.3. The predicted molar refractivity (Wildman–Crippen MR) is 47.0 cm³/mol. The van der Waals surface area contributed by atoms with E-state index in [0.29, 0.717) is 0 Å². The van der Waals surface area contributed by atoms with Gasteiger partial charge in [0.15, 0.2) is 11.6 Å². The van der Waals surface area contributed by atoms with Crippen LogP contribution in [0.2, 0.25) is 0 Å². The molecule has 0 saturated heterocycles. The van der Waals surface area contributed by atoms with Crippen molar-refractivity contribution in [3.05, 3.63) is 23.0 Å². The molecule has 1 atom stereocenters. The topological polar surface area (TPSA) is 63.3 Å². The van der Waals surface area contributed by atoms with Crippen molar-refractivity contribution in [3.63, 3.8) is 0 Å². The van der Waals surface area contributed by atoms with Crippen LogP contribution in [0.3, 0.4) is 0 Å². The van der Waals surface area contributed by atoms with E-state index in [9.17, 15) is 18.0 Å². The number of carbonyl (C=O) groups is 1. The minimum atomic E-state index is -1.75. The van der Waals surface area contributed by atoms with Crippen molar-refractivity contribution in [2.45, 2.75) is 0 Å². The first-order valence-corrected chi connectivity index (χ1v) is 3.90. The van der Waals surface area contributed by atoms with Crippen molar-refractivity contribution in [3.8, 4) is 0 Å². The number of nitrogens with two attached hydrogens (primary N) is 1. The van der Waals surface area contributed by atoms with E-state index in [1.54, 1.807) is 9.24 Å². The van der Waals surface area contributed by atoms with Gasteiger partial charge in [-0.25, -0.2) is 18.0 Å². The summed E-state index contributed by atoms with van der Waals surface area (Å²) in [6.45, 7) is 0. The lowest BCUT2D eigenvalue weighted by atomic mass is 10.1. The highest BCUT2D eigenvalue weighted by Gasteiger charge is 2.24. The third-order valence-electron chi connectivity index (χ3n) is 1.60. The summed E-state index contributed by atoms with van der Waals surface area (Å²) >= 11 is 0. The molecule has 0 fully saturated rings. The molecule has 0 aliphatic heterocycles. The Labute approximate surface area is 78.9 Å². The van der Waals surface area contributed by atoms with Crippen LogP contribution in [0.4, 0.5) is 18.9 Å². The number of carboxylic acids is 1. The van der Waals surface area contributed by atoms with Gasteiger partial charge in [0.05, 0.1) is 5.69 Å². The van der Waals surface area contributed by atoms with Crippen LogP contribution in [0.15, 0.2) is 0 Å². The zero-order chi connectivity index (χ0) is 11.0. The molecule has 0 radical (unpaired) electrons. The van der Waals surface area contributed by atoms with Crippen molar-refractivity contribution >= 4 is 26.2 Å². The van der Waals surface area contributed by atoms with Crippen molar-refractivity contribution < 1.29 is 23.1 Å². The molecular formula is C7H5F3NO2P. The standard InChI is InChI=1S/C7H5F3NO2P/c8-2-1(7(12)13)5(11)3(9)4(10)6(2)14/h11,14H2,(H,12,13). The maximum absolute atomic E-state index is 13.1. The molecule has 3 N–H and O–H groups in total. The summed E-state index contributed by atoms with van der Waals surface area (Å²) in [5.41, 5.74) is 2.80. The fraction of sp³-hybridized carbons (Fsp3) is 0. The Morgan fingerprint density at radius 2 is 1.71 bits per heavy atom. The van der Waals surface area contributed by atoms with Gasteiger partial charge in [0.2, 0.25) is 0 Å². The van der Waals surface area contributed by atoms with Gasteiger partial charge in [-0.2, -0.15) is 0 Å². The first-order chi connectivity index (χ1) is 6.37. The third-order valence-corrected chi connectivity index (χ3v) is 2.11. The Bertz CT molecular complexity index is 393. The summed E-state index contributed by atoms with van der Waals surface area (Å²) in [6, 6.07) is 0. The smallest absolute Gasteiger partial charge is 0.340 e. The number of benzene rings is 1. The van der Waals surface area contributed by atoms with Crippen LogP contribution in [0.5, 0.6) is 0 Å². The lowest BCUT2D eigenvalue weighted by Crippen LogP contribution is -2.18. The Kier molecular flexibility index (Phi) is 2.66. The highest BCUT2D eigenvalue weighted by Crippen LogP contribution is 2.22. The van der Waals surface area contributed by atoms with E-state index in [1.165, 1.54) is 0 Å². The number of halogens is 3. The molecule has 0 saturated carbocycles. The van der Waals surface area contributed by atoms with Gasteiger partial charge in [0.1, 0.15) is 11.4 Å². The lowest BCUT2D eigenvalue weighted by molar-refractivity contribution is 0.0693. The Hall–Kier alpha value is -1.29. The number of hydrogen-bond donors (Lipinski definition) is 2. The van der Waals surface area contributed by atoms with E-state index in [0.717, 1.165) is 0 Å². The molecule has 0 aliphatic rings. The molecule has 0 heterocycles. The molecule has 0 aliphatic carbocycles. The van der Waals surface area contributed by atoms with E-state index >= 15 is 0 Å². The highest BCUT2D eigenvalue weighted by atomic mass is 31.0. The number of carboxylic acid groups (broad SMARTS) is 1. The van der Waals surface area contributed by atoms with Crippen LogP contribution in [0, 0.1) is 17.5 Å². The first-order valence-electron chi connectivity index (χ1n) is 3.32. The number of aromatic carboxylic acids is 1. The maximum atomic E-state index is 13.1. The molecular weight excluding hydrogens is 218 g/mol. The van der Waals surface area contributed by atoms with Crippen LogP contribution in [0.25, 0.3) is 0 Å². The largest absolute Gasteiger partial charge is 0.478 e. The molecule has 14 heavy (non-hydrogen) atoms. The summed E-state index contributed by atoms with van der Waals surface area (Å²) in [7, 11) is 1.57. The molecule has 0 bridgehead atoms. The van der Waals surface area contributed by atoms with E-state index in [4.69, 9.17) is 10.8 Å². The molecule has 7 heteroatoms. The summed E-state index contributed by atoms with van der Waals surface area (Å²) in [4.78, 5) is 10.4. The predicted octanol–water partition coefficient (Wildman–Crippen LogP) is 0.885. The molecule has 1 aromatic rings.